The van der Waals surface area contributed by atoms with Gasteiger partial charge in [0, 0.05) is 17.2 Å². The van der Waals surface area contributed by atoms with Gasteiger partial charge in [0.1, 0.15) is 19.0 Å². The van der Waals surface area contributed by atoms with Gasteiger partial charge in [-0.1, -0.05) is 36.9 Å². The largest absolute Gasteiger partial charge is 0.490 e. The molecular formula is C18H16O4. The van der Waals surface area contributed by atoms with Gasteiger partial charge in [-0.25, -0.2) is 4.79 Å². The lowest BCUT2D eigenvalue weighted by Crippen LogP contribution is -2.10. The summed E-state index contributed by atoms with van der Waals surface area (Å²) in [7, 11) is 0. The van der Waals surface area contributed by atoms with E-state index in [1.54, 1.807) is 36.4 Å². The maximum Gasteiger partial charge on any atom is 0.330 e. The average Bonchev–Trinajstić information content (AvgIpc) is 2.59. The fraction of sp³-hybridized carbons (Fsp3) is 0.111. The lowest BCUT2D eigenvalue weighted by atomic mass is 10.0. The number of ketones is 1. The standard InChI is InChI=1S/C18H16O4/c1-2-17(19)22-13-12-21-16-10-8-15(9-11-16)18(20)14-6-4-3-5-7-14/h2-11H,1,12-13H2. The number of carbonyl (C=O) groups excluding carboxylic acids is 2. The third kappa shape index (κ3) is 4.31. The smallest absolute Gasteiger partial charge is 0.330 e. The van der Waals surface area contributed by atoms with E-state index in [0.29, 0.717) is 16.9 Å². The molecular weight excluding hydrogens is 280 g/mol. The zero-order valence-electron chi connectivity index (χ0n) is 12.0. The normalized spacial score (nSPS) is 9.82. The summed E-state index contributed by atoms with van der Waals surface area (Å²) in [4.78, 5) is 23.1. The Morgan fingerprint density at radius 3 is 2.18 bits per heavy atom. The fourth-order valence-corrected chi connectivity index (χ4v) is 1.82. The second-order valence-electron chi connectivity index (χ2n) is 4.44. The van der Waals surface area contributed by atoms with Crippen molar-refractivity contribution in [3.05, 3.63) is 78.4 Å². The third-order valence-corrected chi connectivity index (χ3v) is 2.92. The summed E-state index contributed by atoms with van der Waals surface area (Å²) >= 11 is 0. The molecule has 0 atom stereocenters. The third-order valence-electron chi connectivity index (χ3n) is 2.92. The molecule has 0 N–H and O–H groups in total. The molecule has 112 valence electrons. The Kier molecular flexibility index (Phi) is 5.49. The van der Waals surface area contributed by atoms with Gasteiger partial charge in [0.2, 0.25) is 0 Å². The van der Waals surface area contributed by atoms with Crippen molar-refractivity contribution in [2.75, 3.05) is 13.2 Å². The van der Waals surface area contributed by atoms with Crippen molar-refractivity contribution < 1.29 is 19.1 Å². The van der Waals surface area contributed by atoms with Crippen molar-refractivity contribution in [3.63, 3.8) is 0 Å². The van der Waals surface area contributed by atoms with Gasteiger partial charge in [0.05, 0.1) is 0 Å². The summed E-state index contributed by atoms with van der Waals surface area (Å²) in [6.07, 6.45) is 1.10. The van der Waals surface area contributed by atoms with Crippen LogP contribution in [0.15, 0.2) is 67.3 Å². The molecule has 0 aliphatic carbocycles. The van der Waals surface area contributed by atoms with E-state index in [1.165, 1.54) is 0 Å². The van der Waals surface area contributed by atoms with Gasteiger partial charge in [0.15, 0.2) is 5.78 Å². The van der Waals surface area contributed by atoms with E-state index in [2.05, 4.69) is 6.58 Å². The topological polar surface area (TPSA) is 52.6 Å². The highest BCUT2D eigenvalue weighted by molar-refractivity contribution is 6.08. The molecule has 2 aromatic carbocycles. The van der Waals surface area contributed by atoms with Crippen LogP contribution in [0.1, 0.15) is 15.9 Å². The minimum atomic E-state index is -0.479. The predicted octanol–water partition coefficient (Wildman–Crippen LogP) is 3.03. The van der Waals surface area contributed by atoms with E-state index >= 15 is 0 Å². The number of carbonyl (C=O) groups is 2. The quantitative estimate of drug-likeness (QED) is 0.341. The molecule has 0 heterocycles. The lowest BCUT2D eigenvalue weighted by Gasteiger charge is -2.07. The molecule has 0 saturated heterocycles. The minimum Gasteiger partial charge on any atom is -0.490 e. The molecule has 4 heteroatoms. The Morgan fingerprint density at radius 1 is 0.909 bits per heavy atom. The summed E-state index contributed by atoms with van der Waals surface area (Å²) in [5, 5.41) is 0. The number of benzene rings is 2. The average molecular weight is 296 g/mol. The van der Waals surface area contributed by atoms with Crippen LogP contribution in [0.4, 0.5) is 0 Å². The van der Waals surface area contributed by atoms with Gasteiger partial charge in [-0.05, 0) is 24.3 Å². The predicted molar refractivity (Wildman–Crippen MR) is 83.0 cm³/mol. The summed E-state index contributed by atoms with van der Waals surface area (Å²) in [6, 6.07) is 15.9. The molecule has 0 aliphatic rings. The van der Waals surface area contributed by atoms with E-state index in [0.717, 1.165) is 6.08 Å². The summed E-state index contributed by atoms with van der Waals surface area (Å²) in [5.41, 5.74) is 1.24. The van der Waals surface area contributed by atoms with Crippen LogP contribution < -0.4 is 4.74 Å². The molecule has 0 saturated carbocycles. The molecule has 0 aliphatic heterocycles. The second kappa shape index (κ2) is 7.78. The van der Waals surface area contributed by atoms with Crippen molar-refractivity contribution in [1.29, 1.82) is 0 Å². The maximum atomic E-state index is 12.2. The van der Waals surface area contributed by atoms with Crippen molar-refractivity contribution in [2.24, 2.45) is 0 Å². The van der Waals surface area contributed by atoms with Crippen LogP contribution in [-0.4, -0.2) is 25.0 Å². The number of esters is 1. The molecule has 0 aromatic heterocycles. The van der Waals surface area contributed by atoms with E-state index in [-0.39, 0.29) is 19.0 Å². The summed E-state index contributed by atoms with van der Waals surface area (Å²) < 4.78 is 10.2. The van der Waals surface area contributed by atoms with E-state index < -0.39 is 5.97 Å². The lowest BCUT2D eigenvalue weighted by molar-refractivity contribution is -0.138. The van der Waals surface area contributed by atoms with E-state index in [9.17, 15) is 9.59 Å². The van der Waals surface area contributed by atoms with Gasteiger partial charge in [-0.2, -0.15) is 0 Å². The van der Waals surface area contributed by atoms with Crippen molar-refractivity contribution in [3.8, 4) is 5.75 Å². The van der Waals surface area contributed by atoms with Crippen LogP contribution in [0.5, 0.6) is 5.75 Å². The highest BCUT2D eigenvalue weighted by atomic mass is 16.6. The van der Waals surface area contributed by atoms with Crippen LogP contribution >= 0.6 is 0 Å². The van der Waals surface area contributed by atoms with E-state index in [1.807, 2.05) is 18.2 Å². The van der Waals surface area contributed by atoms with Gasteiger partial charge < -0.3 is 9.47 Å². The minimum absolute atomic E-state index is 0.0351. The Labute approximate surface area is 129 Å². The molecule has 4 nitrogen and oxygen atoms in total. The first-order valence-corrected chi connectivity index (χ1v) is 6.82. The Bertz CT molecular complexity index is 645. The van der Waals surface area contributed by atoms with Crippen molar-refractivity contribution in [2.45, 2.75) is 0 Å². The SMILES string of the molecule is C=CC(=O)OCCOc1ccc(C(=O)c2ccccc2)cc1. The van der Waals surface area contributed by atoms with Crippen LogP contribution in [0.3, 0.4) is 0 Å². The maximum absolute atomic E-state index is 12.2. The molecule has 0 fully saturated rings. The molecule has 2 rings (SSSR count). The van der Waals surface area contributed by atoms with Gasteiger partial charge >= 0.3 is 5.97 Å². The first-order valence-electron chi connectivity index (χ1n) is 6.82. The summed E-state index contributed by atoms with van der Waals surface area (Å²) in [5.74, 6) is 0.0960. The molecule has 0 bridgehead atoms. The molecule has 22 heavy (non-hydrogen) atoms. The Morgan fingerprint density at radius 2 is 1.55 bits per heavy atom. The van der Waals surface area contributed by atoms with Gasteiger partial charge in [-0.3, -0.25) is 4.79 Å². The van der Waals surface area contributed by atoms with E-state index in [4.69, 9.17) is 9.47 Å². The molecule has 0 amide bonds. The Balaban J connectivity index is 1.89. The fourth-order valence-electron chi connectivity index (χ4n) is 1.82. The Hall–Kier alpha value is -2.88. The second-order valence-corrected chi connectivity index (χ2v) is 4.44. The van der Waals surface area contributed by atoms with Crippen molar-refractivity contribution in [1.82, 2.24) is 0 Å². The number of ether oxygens (including phenoxy) is 2. The molecule has 2 aromatic rings. The molecule has 0 spiro atoms. The molecule has 0 unspecified atom stereocenters. The highest BCUT2D eigenvalue weighted by Crippen LogP contribution is 2.15. The number of hydrogen-bond acceptors (Lipinski definition) is 4. The van der Waals surface area contributed by atoms with Gasteiger partial charge in [-0.15, -0.1) is 0 Å². The zero-order chi connectivity index (χ0) is 15.8. The van der Waals surface area contributed by atoms with Crippen LogP contribution in [0, 0.1) is 0 Å². The van der Waals surface area contributed by atoms with Crippen molar-refractivity contribution >= 4 is 11.8 Å². The first kappa shape index (κ1) is 15.5. The zero-order valence-corrected chi connectivity index (χ0v) is 12.0. The summed E-state index contributed by atoms with van der Waals surface area (Å²) in [6.45, 7) is 3.69. The van der Waals surface area contributed by atoms with Gasteiger partial charge in [0.25, 0.3) is 0 Å². The van der Waals surface area contributed by atoms with Crippen LogP contribution in [0.2, 0.25) is 0 Å². The first-order chi connectivity index (χ1) is 10.7. The highest BCUT2D eigenvalue weighted by Gasteiger charge is 2.08. The number of hydrogen-bond donors (Lipinski definition) is 0. The van der Waals surface area contributed by atoms with Crippen LogP contribution in [0.25, 0.3) is 0 Å². The monoisotopic (exact) mass is 296 g/mol. The molecule has 0 radical (unpaired) electrons. The number of rotatable bonds is 7. The van der Waals surface area contributed by atoms with Crippen LogP contribution in [-0.2, 0) is 9.53 Å².